The number of rotatable bonds is 6. The predicted molar refractivity (Wildman–Crippen MR) is 65.3 cm³/mol. The first-order chi connectivity index (χ1) is 7.76. The van der Waals surface area contributed by atoms with Gasteiger partial charge in [-0.25, -0.2) is 0 Å². The van der Waals surface area contributed by atoms with Gasteiger partial charge in [0, 0.05) is 6.42 Å². The maximum absolute atomic E-state index is 11.3. The van der Waals surface area contributed by atoms with Crippen molar-refractivity contribution in [1.29, 1.82) is 0 Å². The van der Waals surface area contributed by atoms with E-state index in [9.17, 15) is 4.79 Å². The number of carbonyl (C=O) groups is 1. The fourth-order valence-corrected chi connectivity index (χ4v) is 2.25. The highest BCUT2D eigenvalue weighted by atomic mass is 16.5. The number of ether oxygens (including phenoxy) is 1. The number of esters is 1. The molecular weight excluding hydrogens is 202 g/mol. The number of hydrogen-bond acceptors (Lipinski definition) is 3. The van der Waals surface area contributed by atoms with Gasteiger partial charge in [-0.2, -0.15) is 0 Å². The second kappa shape index (κ2) is 7.66. The van der Waals surface area contributed by atoms with Crippen LogP contribution in [-0.4, -0.2) is 37.1 Å². The van der Waals surface area contributed by atoms with Crippen molar-refractivity contribution < 1.29 is 9.53 Å². The third-order valence-corrected chi connectivity index (χ3v) is 3.30. The SMILES string of the molecule is CCCCN1CCC(CC(=O)OCC)CC1. The Kier molecular flexibility index (Phi) is 6.46. The Morgan fingerprint density at radius 3 is 2.56 bits per heavy atom. The van der Waals surface area contributed by atoms with Crippen molar-refractivity contribution in [3.05, 3.63) is 0 Å². The molecule has 1 heterocycles. The van der Waals surface area contributed by atoms with Crippen LogP contribution in [-0.2, 0) is 9.53 Å². The van der Waals surface area contributed by atoms with Gasteiger partial charge in [0.15, 0.2) is 0 Å². The quantitative estimate of drug-likeness (QED) is 0.653. The molecule has 1 rings (SSSR count). The average molecular weight is 227 g/mol. The first-order valence-electron chi connectivity index (χ1n) is 6.64. The number of piperidine rings is 1. The van der Waals surface area contributed by atoms with E-state index in [0.717, 1.165) is 25.9 Å². The molecular formula is C13H25NO2. The smallest absolute Gasteiger partial charge is 0.306 e. The average Bonchev–Trinajstić information content (AvgIpc) is 2.28. The van der Waals surface area contributed by atoms with Crippen molar-refractivity contribution in [2.24, 2.45) is 5.92 Å². The first kappa shape index (κ1) is 13.5. The van der Waals surface area contributed by atoms with Crippen LogP contribution in [0.1, 0.15) is 46.0 Å². The molecule has 0 atom stereocenters. The van der Waals surface area contributed by atoms with Crippen LogP contribution in [0.15, 0.2) is 0 Å². The molecule has 0 amide bonds. The van der Waals surface area contributed by atoms with Gasteiger partial charge in [0.2, 0.25) is 0 Å². The van der Waals surface area contributed by atoms with Crippen molar-refractivity contribution in [1.82, 2.24) is 4.90 Å². The zero-order chi connectivity index (χ0) is 11.8. The maximum Gasteiger partial charge on any atom is 0.306 e. The third-order valence-electron chi connectivity index (χ3n) is 3.30. The number of unbranched alkanes of at least 4 members (excludes halogenated alkanes) is 1. The van der Waals surface area contributed by atoms with E-state index < -0.39 is 0 Å². The molecule has 0 radical (unpaired) electrons. The minimum Gasteiger partial charge on any atom is -0.466 e. The van der Waals surface area contributed by atoms with Gasteiger partial charge in [0.05, 0.1) is 6.61 Å². The summed E-state index contributed by atoms with van der Waals surface area (Å²) in [4.78, 5) is 13.8. The summed E-state index contributed by atoms with van der Waals surface area (Å²) in [6, 6.07) is 0. The molecule has 3 heteroatoms. The molecule has 1 fully saturated rings. The number of likely N-dealkylation sites (tertiary alicyclic amines) is 1. The van der Waals surface area contributed by atoms with Crippen molar-refractivity contribution in [3.63, 3.8) is 0 Å². The Bertz CT molecular complexity index is 198. The van der Waals surface area contributed by atoms with E-state index in [0.29, 0.717) is 18.9 Å². The minimum atomic E-state index is -0.0190. The van der Waals surface area contributed by atoms with Crippen molar-refractivity contribution >= 4 is 5.97 Å². The summed E-state index contributed by atoms with van der Waals surface area (Å²) in [6.07, 6.45) is 5.49. The minimum absolute atomic E-state index is 0.0190. The van der Waals surface area contributed by atoms with E-state index >= 15 is 0 Å². The molecule has 0 bridgehead atoms. The maximum atomic E-state index is 11.3. The monoisotopic (exact) mass is 227 g/mol. The molecule has 0 N–H and O–H groups in total. The van der Waals surface area contributed by atoms with Crippen molar-refractivity contribution in [3.8, 4) is 0 Å². The molecule has 1 saturated heterocycles. The first-order valence-corrected chi connectivity index (χ1v) is 6.64. The molecule has 3 nitrogen and oxygen atoms in total. The van der Waals surface area contributed by atoms with Crippen molar-refractivity contribution in [2.45, 2.75) is 46.0 Å². The lowest BCUT2D eigenvalue weighted by Gasteiger charge is -2.31. The van der Waals surface area contributed by atoms with E-state index in [4.69, 9.17) is 4.74 Å². The summed E-state index contributed by atoms with van der Waals surface area (Å²) in [5.74, 6) is 0.534. The van der Waals surface area contributed by atoms with Gasteiger partial charge in [-0.05, 0) is 51.7 Å². The lowest BCUT2D eigenvalue weighted by atomic mass is 9.93. The van der Waals surface area contributed by atoms with Gasteiger partial charge in [0.1, 0.15) is 0 Å². The third kappa shape index (κ3) is 4.97. The fraction of sp³-hybridized carbons (Fsp3) is 0.923. The van der Waals surface area contributed by atoms with Gasteiger partial charge in [0.25, 0.3) is 0 Å². The number of nitrogens with zero attached hydrogens (tertiary/aromatic N) is 1. The second-order valence-corrected chi connectivity index (χ2v) is 4.65. The Morgan fingerprint density at radius 1 is 1.31 bits per heavy atom. The van der Waals surface area contributed by atoms with Crippen LogP contribution in [0.25, 0.3) is 0 Å². The summed E-state index contributed by atoms with van der Waals surface area (Å²) in [5.41, 5.74) is 0. The summed E-state index contributed by atoms with van der Waals surface area (Å²) < 4.78 is 4.98. The topological polar surface area (TPSA) is 29.5 Å². The molecule has 16 heavy (non-hydrogen) atoms. The lowest BCUT2D eigenvalue weighted by Crippen LogP contribution is -2.35. The fourth-order valence-electron chi connectivity index (χ4n) is 2.25. The van der Waals surface area contributed by atoms with E-state index in [1.54, 1.807) is 0 Å². The summed E-state index contributed by atoms with van der Waals surface area (Å²) >= 11 is 0. The van der Waals surface area contributed by atoms with E-state index in [-0.39, 0.29) is 5.97 Å². The Balaban J connectivity index is 2.14. The normalized spacial score (nSPS) is 18.6. The van der Waals surface area contributed by atoms with Gasteiger partial charge >= 0.3 is 5.97 Å². The van der Waals surface area contributed by atoms with E-state index in [1.165, 1.54) is 19.4 Å². The molecule has 0 unspecified atom stereocenters. The highest BCUT2D eigenvalue weighted by Crippen LogP contribution is 2.21. The Morgan fingerprint density at radius 2 is 2.00 bits per heavy atom. The van der Waals surface area contributed by atoms with Gasteiger partial charge in [-0.15, -0.1) is 0 Å². The Hall–Kier alpha value is -0.570. The van der Waals surface area contributed by atoms with E-state index in [2.05, 4.69) is 11.8 Å². The molecule has 0 aromatic rings. The molecule has 0 saturated carbocycles. The van der Waals surface area contributed by atoms with Crippen LogP contribution in [0.2, 0.25) is 0 Å². The van der Waals surface area contributed by atoms with E-state index in [1.807, 2.05) is 6.92 Å². The summed E-state index contributed by atoms with van der Waals surface area (Å²) in [5, 5.41) is 0. The van der Waals surface area contributed by atoms with Crippen LogP contribution in [0.3, 0.4) is 0 Å². The van der Waals surface area contributed by atoms with Gasteiger partial charge < -0.3 is 9.64 Å². The molecule has 0 aliphatic carbocycles. The predicted octanol–water partition coefficient (Wildman–Crippen LogP) is 2.45. The summed E-state index contributed by atoms with van der Waals surface area (Å²) in [7, 11) is 0. The summed E-state index contributed by atoms with van der Waals surface area (Å²) in [6.45, 7) is 8.14. The molecule has 0 aromatic heterocycles. The number of hydrogen-bond donors (Lipinski definition) is 0. The molecule has 0 aromatic carbocycles. The standard InChI is InChI=1S/C13H25NO2/c1-3-5-8-14-9-6-12(7-10-14)11-13(15)16-4-2/h12H,3-11H2,1-2H3. The highest BCUT2D eigenvalue weighted by Gasteiger charge is 2.21. The molecule has 1 aliphatic heterocycles. The van der Waals surface area contributed by atoms with Gasteiger partial charge in [-0.3, -0.25) is 4.79 Å². The molecule has 94 valence electrons. The van der Waals surface area contributed by atoms with Gasteiger partial charge in [-0.1, -0.05) is 13.3 Å². The zero-order valence-corrected chi connectivity index (χ0v) is 10.7. The van der Waals surface area contributed by atoms with Crippen molar-refractivity contribution in [2.75, 3.05) is 26.2 Å². The van der Waals surface area contributed by atoms with Crippen LogP contribution >= 0.6 is 0 Å². The lowest BCUT2D eigenvalue weighted by molar-refractivity contribution is -0.144. The largest absolute Gasteiger partial charge is 0.466 e. The Labute approximate surface area is 99.1 Å². The van der Waals surface area contributed by atoms with Crippen LogP contribution in [0, 0.1) is 5.92 Å². The molecule has 1 aliphatic rings. The van der Waals surface area contributed by atoms with Crippen LogP contribution in [0.5, 0.6) is 0 Å². The van der Waals surface area contributed by atoms with Crippen LogP contribution in [0.4, 0.5) is 0 Å². The second-order valence-electron chi connectivity index (χ2n) is 4.65. The zero-order valence-electron chi connectivity index (χ0n) is 10.7. The molecule has 0 spiro atoms. The highest BCUT2D eigenvalue weighted by molar-refractivity contribution is 5.69. The van der Waals surface area contributed by atoms with Crippen LogP contribution < -0.4 is 0 Å². The number of carbonyl (C=O) groups excluding carboxylic acids is 1.